The highest BCUT2D eigenvalue weighted by Crippen LogP contribution is 2.01. The molecule has 6 nitrogen and oxygen atoms in total. The molecule has 0 aliphatic carbocycles. The molecule has 2 rings (SSSR count). The maximum Gasteiger partial charge on any atom is 0.221 e. The van der Waals surface area contributed by atoms with E-state index in [0.29, 0.717) is 11.5 Å². The number of nitrogens with two attached hydrogens (primary N) is 1. The lowest BCUT2D eigenvalue weighted by Gasteiger charge is -1.72. The highest BCUT2D eigenvalue weighted by molar-refractivity contribution is 5.56. The topological polar surface area (TPSA) is 84.9 Å². The standard InChI is InChI=1S/C3H4N6/c4-2-3-7-5-1-9(3)8-6-2/h1,8H,(H2,4,6). The SMILES string of the molecule is Nc1n[nH]n2cnnc12. The van der Waals surface area contributed by atoms with E-state index in [0.717, 1.165) is 0 Å². The van der Waals surface area contributed by atoms with Crippen molar-refractivity contribution in [2.75, 3.05) is 5.73 Å². The van der Waals surface area contributed by atoms with Crippen molar-refractivity contribution in [3.05, 3.63) is 6.33 Å². The molecule has 2 aromatic rings. The molecule has 3 N–H and O–H groups in total. The molecule has 0 bridgehead atoms. The number of nitrogens with one attached hydrogen (secondary N) is 1. The van der Waals surface area contributed by atoms with Crippen molar-refractivity contribution in [2.24, 2.45) is 0 Å². The second-order valence-electron chi connectivity index (χ2n) is 1.62. The molecular formula is C3H4N6. The highest BCUT2D eigenvalue weighted by Gasteiger charge is 2.00. The number of fused-ring (bicyclic) bond motifs is 1. The number of hydrogen-bond acceptors (Lipinski definition) is 4. The number of hydrogen-bond donors (Lipinski definition) is 2. The van der Waals surface area contributed by atoms with Gasteiger partial charge in [0.2, 0.25) is 5.65 Å². The van der Waals surface area contributed by atoms with Crippen molar-refractivity contribution in [1.82, 2.24) is 25.0 Å². The van der Waals surface area contributed by atoms with Gasteiger partial charge in [0.25, 0.3) is 0 Å². The van der Waals surface area contributed by atoms with Crippen LogP contribution in [0, 0.1) is 0 Å². The fraction of sp³-hybridized carbons (Fsp3) is 0. The predicted molar refractivity (Wildman–Crippen MR) is 29.5 cm³/mol. The summed E-state index contributed by atoms with van der Waals surface area (Å²) in [4.78, 5) is 0. The zero-order valence-electron chi connectivity index (χ0n) is 4.44. The molecule has 0 fully saturated rings. The minimum absolute atomic E-state index is 0.368. The maximum atomic E-state index is 5.35. The largest absolute Gasteiger partial charge is 0.379 e. The van der Waals surface area contributed by atoms with Crippen LogP contribution in [0.2, 0.25) is 0 Å². The molecule has 0 spiro atoms. The molecule has 0 saturated carbocycles. The Bertz CT molecular complexity index is 317. The van der Waals surface area contributed by atoms with Gasteiger partial charge in [0, 0.05) is 0 Å². The third-order valence-corrected chi connectivity index (χ3v) is 1.06. The molecule has 2 heterocycles. The zero-order chi connectivity index (χ0) is 6.27. The van der Waals surface area contributed by atoms with Gasteiger partial charge in [-0.25, -0.2) is 9.73 Å². The number of nitrogens with zero attached hydrogens (tertiary/aromatic N) is 4. The Kier molecular flexibility index (Phi) is 0.583. The number of rotatable bonds is 0. The van der Waals surface area contributed by atoms with Crippen LogP contribution in [-0.2, 0) is 0 Å². The van der Waals surface area contributed by atoms with Crippen LogP contribution in [0.3, 0.4) is 0 Å². The van der Waals surface area contributed by atoms with E-state index in [1.165, 1.54) is 10.8 Å². The van der Waals surface area contributed by atoms with Gasteiger partial charge in [0.1, 0.15) is 6.33 Å². The van der Waals surface area contributed by atoms with Crippen molar-refractivity contribution in [1.29, 1.82) is 0 Å². The van der Waals surface area contributed by atoms with E-state index in [-0.39, 0.29) is 0 Å². The van der Waals surface area contributed by atoms with E-state index in [1.54, 1.807) is 0 Å². The molecule has 0 saturated heterocycles. The minimum atomic E-state index is 0.368. The van der Waals surface area contributed by atoms with Gasteiger partial charge in [-0.15, -0.1) is 15.3 Å². The van der Waals surface area contributed by atoms with Gasteiger partial charge in [-0.2, -0.15) is 0 Å². The van der Waals surface area contributed by atoms with Crippen LogP contribution >= 0.6 is 0 Å². The van der Waals surface area contributed by atoms with Gasteiger partial charge in [-0.3, -0.25) is 0 Å². The van der Waals surface area contributed by atoms with Gasteiger partial charge in [-0.05, 0) is 0 Å². The fourth-order valence-electron chi connectivity index (χ4n) is 0.641. The number of H-pyrrole nitrogens is 1. The van der Waals surface area contributed by atoms with Crippen LogP contribution in [0.1, 0.15) is 0 Å². The van der Waals surface area contributed by atoms with Gasteiger partial charge in [-0.1, -0.05) is 0 Å². The van der Waals surface area contributed by atoms with Crippen molar-refractivity contribution >= 4 is 11.5 Å². The monoisotopic (exact) mass is 124 g/mol. The molecule has 0 radical (unpaired) electrons. The zero-order valence-corrected chi connectivity index (χ0v) is 4.44. The van der Waals surface area contributed by atoms with E-state index in [2.05, 4.69) is 20.5 Å². The molecule has 9 heavy (non-hydrogen) atoms. The average Bonchev–Trinajstić information content (AvgIpc) is 2.35. The second-order valence-corrected chi connectivity index (χ2v) is 1.62. The maximum absolute atomic E-state index is 5.35. The first-order chi connectivity index (χ1) is 4.38. The van der Waals surface area contributed by atoms with Crippen LogP contribution in [0.15, 0.2) is 6.33 Å². The van der Waals surface area contributed by atoms with Crippen molar-refractivity contribution in [2.45, 2.75) is 0 Å². The molecular weight excluding hydrogens is 120 g/mol. The first-order valence-electron chi connectivity index (χ1n) is 2.37. The van der Waals surface area contributed by atoms with Crippen LogP contribution in [-0.4, -0.2) is 25.0 Å². The number of anilines is 1. The Morgan fingerprint density at radius 3 is 3.33 bits per heavy atom. The summed E-state index contributed by atoms with van der Waals surface area (Å²) >= 11 is 0. The second kappa shape index (κ2) is 1.22. The number of aromatic amines is 1. The summed E-state index contributed by atoms with van der Waals surface area (Å²) in [5.74, 6) is 0.368. The summed E-state index contributed by atoms with van der Waals surface area (Å²) in [5.41, 5.74) is 5.92. The Morgan fingerprint density at radius 2 is 2.56 bits per heavy atom. The first-order valence-corrected chi connectivity index (χ1v) is 2.37. The Hall–Kier alpha value is -1.59. The number of aromatic nitrogens is 5. The highest BCUT2D eigenvalue weighted by atomic mass is 15.5. The van der Waals surface area contributed by atoms with Crippen molar-refractivity contribution < 1.29 is 0 Å². The molecule has 0 amide bonds. The van der Waals surface area contributed by atoms with Gasteiger partial charge < -0.3 is 5.73 Å². The lowest BCUT2D eigenvalue weighted by Crippen LogP contribution is -1.84. The quantitative estimate of drug-likeness (QED) is 0.473. The predicted octanol–water partition coefficient (Wildman–Crippen LogP) is -0.965. The molecule has 2 aromatic heterocycles. The van der Waals surface area contributed by atoms with Crippen LogP contribution in [0.5, 0.6) is 0 Å². The van der Waals surface area contributed by atoms with Gasteiger partial charge in [0.05, 0.1) is 0 Å². The van der Waals surface area contributed by atoms with Crippen LogP contribution in [0.4, 0.5) is 5.82 Å². The molecule has 6 heteroatoms. The van der Waals surface area contributed by atoms with E-state index >= 15 is 0 Å². The molecule has 0 atom stereocenters. The summed E-state index contributed by atoms with van der Waals surface area (Å²) in [6.45, 7) is 0. The molecule has 0 aliphatic rings. The summed E-state index contributed by atoms with van der Waals surface area (Å²) in [7, 11) is 0. The molecule has 0 aliphatic heterocycles. The van der Waals surface area contributed by atoms with E-state index in [1.807, 2.05) is 0 Å². The summed E-state index contributed by atoms with van der Waals surface area (Å²) in [6.07, 6.45) is 1.50. The Labute approximate surface area is 49.7 Å². The molecule has 0 aromatic carbocycles. The van der Waals surface area contributed by atoms with Crippen molar-refractivity contribution in [3.8, 4) is 0 Å². The molecule has 46 valence electrons. The summed E-state index contributed by atoms with van der Waals surface area (Å²) in [5, 5.41) is 13.5. The third-order valence-electron chi connectivity index (χ3n) is 1.06. The van der Waals surface area contributed by atoms with Gasteiger partial charge in [0.15, 0.2) is 5.82 Å². The van der Waals surface area contributed by atoms with Crippen molar-refractivity contribution in [3.63, 3.8) is 0 Å². The van der Waals surface area contributed by atoms with E-state index < -0.39 is 0 Å². The van der Waals surface area contributed by atoms with Crippen LogP contribution in [0.25, 0.3) is 5.65 Å². The Morgan fingerprint density at radius 1 is 1.67 bits per heavy atom. The smallest absolute Gasteiger partial charge is 0.221 e. The average molecular weight is 124 g/mol. The normalized spacial score (nSPS) is 10.7. The van der Waals surface area contributed by atoms with Gasteiger partial charge >= 0.3 is 0 Å². The Balaban J connectivity index is 2.99. The van der Waals surface area contributed by atoms with E-state index in [4.69, 9.17) is 5.73 Å². The summed E-state index contributed by atoms with van der Waals surface area (Å²) in [6, 6.07) is 0. The lowest BCUT2D eigenvalue weighted by molar-refractivity contribution is 0.853. The van der Waals surface area contributed by atoms with E-state index in [9.17, 15) is 0 Å². The first kappa shape index (κ1) is 4.30. The van der Waals surface area contributed by atoms with Crippen LogP contribution < -0.4 is 5.73 Å². The molecule has 0 unspecified atom stereocenters. The lowest BCUT2D eigenvalue weighted by atomic mass is 10.7. The fourth-order valence-corrected chi connectivity index (χ4v) is 0.641. The third kappa shape index (κ3) is 0.411. The minimum Gasteiger partial charge on any atom is -0.379 e. The number of nitrogen functional groups attached to an aromatic ring is 1. The summed E-state index contributed by atoms with van der Waals surface area (Å²) < 4.78 is 1.54.